The van der Waals surface area contributed by atoms with Crippen molar-refractivity contribution in [1.82, 2.24) is 4.90 Å². The fraction of sp³-hybridized carbons (Fsp3) is 0.250. The van der Waals surface area contributed by atoms with E-state index in [1.165, 1.54) is 6.07 Å². The van der Waals surface area contributed by atoms with E-state index in [-0.39, 0.29) is 23.7 Å². The van der Waals surface area contributed by atoms with Gasteiger partial charge >= 0.3 is 11.6 Å². The van der Waals surface area contributed by atoms with Gasteiger partial charge < -0.3 is 9.15 Å². The van der Waals surface area contributed by atoms with Gasteiger partial charge in [-0.25, -0.2) is 9.59 Å². The van der Waals surface area contributed by atoms with Gasteiger partial charge in [-0.1, -0.05) is 38.1 Å². The number of benzene rings is 2. The molecule has 2 aromatic carbocycles. The Morgan fingerprint density at radius 1 is 1.00 bits per heavy atom. The molecule has 0 bridgehead atoms. The Morgan fingerprint density at radius 2 is 1.65 bits per heavy atom. The first kappa shape index (κ1) is 20.5. The zero-order valence-electron chi connectivity index (χ0n) is 17.4. The summed E-state index contributed by atoms with van der Waals surface area (Å²) in [5.41, 5.74) is 1.81. The minimum Gasteiger partial charge on any atom is -0.459 e. The Kier molecular flexibility index (Phi) is 5.19. The number of carbonyl (C=O) groups excluding carboxylic acids is 3. The third-order valence-corrected chi connectivity index (χ3v) is 5.33. The normalized spacial score (nSPS) is 14.3. The lowest BCUT2D eigenvalue weighted by Crippen LogP contribution is -2.48. The molecule has 1 aromatic heterocycles. The van der Waals surface area contributed by atoms with E-state index in [0.29, 0.717) is 16.5 Å². The van der Waals surface area contributed by atoms with E-state index in [4.69, 9.17) is 9.15 Å². The summed E-state index contributed by atoms with van der Waals surface area (Å²) in [6.07, 6.45) is 0. The van der Waals surface area contributed by atoms with Crippen molar-refractivity contribution in [2.45, 2.75) is 33.4 Å². The summed E-state index contributed by atoms with van der Waals surface area (Å²) in [5, 5.41) is 0.653. The number of imide groups is 1. The number of rotatable bonds is 5. The maximum atomic E-state index is 13.0. The summed E-state index contributed by atoms with van der Waals surface area (Å²) in [7, 11) is 0. The molecule has 0 saturated carbocycles. The van der Waals surface area contributed by atoms with Crippen molar-refractivity contribution >= 4 is 28.8 Å². The van der Waals surface area contributed by atoms with Gasteiger partial charge in [0.1, 0.15) is 18.2 Å². The number of fused-ring (bicyclic) bond motifs is 2. The van der Waals surface area contributed by atoms with E-state index in [1.807, 2.05) is 13.0 Å². The Morgan fingerprint density at radius 3 is 2.26 bits per heavy atom. The Bertz CT molecular complexity index is 1240. The van der Waals surface area contributed by atoms with E-state index in [2.05, 4.69) is 0 Å². The van der Waals surface area contributed by atoms with Gasteiger partial charge in [0, 0.05) is 17.0 Å². The van der Waals surface area contributed by atoms with Crippen LogP contribution in [0.3, 0.4) is 0 Å². The first-order valence-electron chi connectivity index (χ1n) is 9.95. The van der Waals surface area contributed by atoms with Crippen LogP contribution in [0.4, 0.5) is 0 Å². The van der Waals surface area contributed by atoms with E-state index >= 15 is 0 Å². The number of amides is 2. The molecule has 3 aromatic rings. The van der Waals surface area contributed by atoms with Crippen molar-refractivity contribution in [3.8, 4) is 0 Å². The van der Waals surface area contributed by atoms with Gasteiger partial charge in [0.05, 0.1) is 11.1 Å². The summed E-state index contributed by atoms with van der Waals surface area (Å²) in [6, 6.07) is 12.1. The molecule has 0 radical (unpaired) electrons. The molecule has 2 amide bonds. The monoisotopic (exact) mass is 419 g/mol. The average Bonchev–Trinajstić information content (AvgIpc) is 2.97. The van der Waals surface area contributed by atoms with Crippen molar-refractivity contribution < 1.29 is 23.5 Å². The van der Waals surface area contributed by atoms with Crippen molar-refractivity contribution in [2.75, 3.05) is 0 Å². The third kappa shape index (κ3) is 3.63. The number of carbonyl (C=O) groups is 3. The predicted molar refractivity (Wildman–Crippen MR) is 113 cm³/mol. The second-order valence-electron chi connectivity index (χ2n) is 7.91. The predicted octanol–water partition coefficient (Wildman–Crippen LogP) is 3.47. The van der Waals surface area contributed by atoms with Crippen LogP contribution in [0.15, 0.2) is 57.7 Å². The molecule has 0 spiro atoms. The summed E-state index contributed by atoms with van der Waals surface area (Å²) in [6.45, 7) is 5.17. The molecule has 7 heteroatoms. The molecule has 0 aliphatic carbocycles. The topological polar surface area (TPSA) is 93.9 Å². The Balaban J connectivity index is 1.60. The van der Waals surface area contributed by atoms with Gasteiger partial charge in [0.15, 0.2) is 0 Å². The molecule has 1 aliphatic heterocycles. The summed E-state index contributed by atoms with van der Waals surface area (Å²) in [5.74, 6) is -2.11. The lowest BCUT2D eigenvalue weighted by molar-refractivity contribution is -0.151. The first-order valence-corrected chi connectivity index (χ1v) is 9.95. The molecule has 1 aliphatic rings. The van der Waals surface area contributed by atoms with E-state index < -0.39 is 29.5 Å². The number of nitrogens with zero attached hydrogens (tertiary/aromatic N) is 1. The molecule has 1 atom stereocenters. The van der Waals surface area contributed by atoms with Crippen LogP contribution < -0.4 is 5.63 Å². The van der Waals surface area contributed by atoms with Crippen LogP contribution in [0.25, 0.3) is 11.0 Å². The smallest absolute Gasteiger partial charge is 0.336 e. The number of aryl methyl sites for hydroxylation is 1. The molecular weight excluding hydrogens is 398 g/mol. The standard InChI is InChI=1S/C24H21NO6/c1-13(2)21(25-22(27)17-6-4-5-7-18(17)23(25)28)24(29)30-12-15-11-20(26)31-19-10-14(3)8-9-16(15)19/h4-11,13,21H,12H2,1-3H3. The largest absolute Gasteiger partial charge is 0.459 e. The summed E-state index contributed by atoms with van der Waals surface area (Å²) < 4.78 is 10.7. The van der Waals surface area contributed by atoms with Crippen LogP contribution in [0.2, 0.25) is 0 Å². The zero-order valence-corrected chi connectivity index (χ0v) is 17.4. The van der Waals surface area contributed by atoms with Crippen LogP contribution in [0.5, 0.6) is 0 Å². The molecule has 2 heterocycles. The Hall–Kier alpha value is -3.74. The highest BCUT2D eigenvalue weighted by Crippen LogP contribution is 2.28. The second-order valence-corrected chi connectivity index (χ2v) is 7.91. The fourth-order valence-electron chi connectivity index (χ4n) is 3.83. The average molecular weight is 419 g/mol. The minimum absolute atomic E-state index is 0.184. The molecular formula is C24H21NO6. The molecule has 0 N–H and O–H groups in total. The maximum Gasteiger partial charge on any atom is 0.336 e. The maximum absolute atomic E-state index is 13.0. The molecule has 1 unspecified atom stereocenters. The van der Waals surface area contributed by atoms with E-state index in [1.54, 1.807) is 50.2 Å². The number of esters is 1. The van der Waals surface area contributed by atoms with Crippen molar-refractivity contribution in [3.05, 3.63) is 81.2 Å². The van der Waals surface area contributed by atoms with Gasteiger partial charge in [-0.2, -0.15) is 0 Å². The van der Waals surface area contributed by atoms with Crippen LogP contribution in [-0.4, -0.2) is 28.7 Å². The van der Waals surface area contributed by atoms with Crippen LogP contribution in [0, 0.1) is 12.8 Å². The number of hydrogen-bond acceptors (Lipinski definition) is 6. The molecule has 31 heavy (non-hydrogen) atoms. The van der Waals surface area contributed by atoms with Crippen molar-refractivity contribution in [1.29, 1.82) is 0 Å². The second kappa shape index (κ2) is 7.83. The van der Waals surface area contributed by atoms with Crippen LogP contribution >= 0.6 is 0 Å². The number of ether oxygens (including phenoxy) is 1. The van der Waals surface area contributed by atoms with Crippen LogP contribution in [-0.2, 0) is 16.1 Å². The summed E-state index contributed by atoms with van der Waals surface area (Å²) in [4.78, 5) is 51.5. The van der Waals surface area contributed by atoms with Gasteiger partial charge in [-0.15, -0.1) is 0 Å². The molecule has 4 rings (SSSR count). The van der Waals surface area contributed by atoms with Crippen molar-refractivity contribution in [2.24, 2.45) is 5.92 Å². The minimum atomic E-state index is -1.08. The van der Waals surface area contributed by atoms with Crippen LogP contribution in [0.1, 0.15) is 45.7 Å². The van der Waals surface area contributed by atoms with Gasteiger partial charge in [0.25, 0.3) is 11.8 Å². The van der Waals surface area contributed by atoms with E-state index in [9.17, 15) is 19.2 Å². The Labute approximate surface area is 178 Å². The third-order valence-electron chi connectivity index (χ3n) is 5.33. The fourth-order valence-corrected chi connectivity index (χ4v) is 3.83. The lowest BCUT2D eigenvalue weighted by Gasteiger charge is -2.27. The van der Waals surface area contributed by atoms with Gasteiger partial charge in [-0.3, -0.25) is 14.5 Å². The molecule has 158 valence electrons. The molecule has 0 fully saturated rings. The van der Waals surface area contributed by atoms with Crippen molar-refractivity contribution in [3.63, 3.8) is 0 Å². The first-order chi connectivity index (χ1) is 14.8. The zero-order chi connectivity index (χ0) is 22.3. The lowest BCUT2D eigenvalue weighted by atomic mass is 10.0. The highest BCUT2D eigenvalue weighted by molar-refractivity contribution is 6.22. The van der Waals surface area contributed by atoms with Gasteiger partial charge in [-0.05, 0) is 36.6 Å². The number of hydrogen-bond donors (Lipinski definition) is 0. The quantitative estimate of drug-likeness (QED) is 0.357. The van der Waals surface area contributed by atoms with Gasteiger partial charge in [0.2, 0.25) is 0 Å². The molecule has 7 nitrogen and oxygen atoms in total. The SMILES string of the molecule is Cc1ccc2c(COC(=O)C(C(C)C)N3C(=O)c4ccccc4C3=O)cc(=O)oc2c1. The molecule has 0 saturated heterocycles. The summed E-state index contributed by atoms with van der Waals surface area (Å²) >= 11 is 0. The van der Waals surface area contributed by atoms with E-state index in [0.717, 1.165) is 10.5 Å². The highest BCUT2D eigenvalue weighted by Gasteiger charge is 2.44. The highest BCUT2D eigenvalue weighted by atomic mass is 16.5.